The highest BCUT2D eigenvalue weighted by molar-refractivity contribution is 7.13. The van der Waals surface area contributed by atoms with Gasteiger partial charge in [0.25, 0.3) is 5.91 Å². The van der Waals surface area contributed by atoms with Crippen LogP contribution in [-0.2, 0) is 6.54 Å². The summed E-state index contributed by atoms with van der Waals surface area (Å²) in [5, 5.41) is 9.97. The van der Waals surface area contributed by atoms with Crippen molar-refractivity contribution >= 4 is 17.2 Å². The van der Waals surface area contributed by atoms with E-state index in [1.807, 2.05) is 46.6 Å². The maximum absolute atomic E-state index is 13.0. The van der Waals surface area contributed by atoms with E-state index in [0.29, 0.717) is 12.1 Å². The van der Waals surface area contributed by atoms with Gasteiger partial charge in [-0.05, 0) is 50.0 Å². The molecule has 27 heavy (non-hydrogen) atoms. The number of thiophene rings is 1. The van der Waals surface area contributed by atoms with Gasteiger partial charge >= 0.3 is 0 Å². The van der Waals surface area contributed by atoms with Crippen LogP contribution in [0.4, 0.5) is 0 Å². The summed E-state index contributed by atoms with van der Waals surface area (Å²) in [4.78, 5) is 16.3. The van der Waals surface area contributed by atoms with Crippen LogP contribution in [0.2, 0.25) is 0 Å². The van der Waals surface area contributed by atoms with Gasteiger partial charge in [-0.3, -0.25) is 9.48 Å². The number of rotatable bonds is 5. The summed E-state index contributed by atoms with van der Waals surface area (Å²) < 4.78 is 1.87. The van der Waals surface area contributed by atoms with Crippen LogP contribution in [0.1, 0.15) is 28.8 Å². The number of hydrogen-bond acceptors (Lipinski definition) is 4. The molecule has 1 aliphatic rings. The molecule has 0 unspecified atom stereocenters. The Kier molecular flexibility index (Phi) is 5.36. The Morgan fingerprint density at radius 3 is 2.67 bits per heavy atom. The van der Waals surface area contributed by atoms with E-state index in [0.717, 1.165) is 36.5 Å². The number of carbonyl (C=O) groups excluding carboxylic acids is 1. The molecule has 3 heterocycles. The molecule has 1 fully saturated rings. The smallest absolute Gasteiger partial charge is 0.255 e. The summed E-state index contributed by atoms with van der Waals surface area (Å²) in [6, 6.07) is 14.4. The van der Waals surface area contributed by atoms with Gasteiger partial charge in [0.15, 0.2) is 0 Å². The van der Waals surface area contributed by atoms with Crippen molar-refractivity contribution < 1.29 is 4.79 Å². The zero-order valence-corrected chi connectivity index (χ0v) is 16.3. The average molecular weight is 381 g/mol. The average Bonchev–Trinajstić information content (AvgIpc) is 3.34. The molecular weight excluding hydrogens is 356 g/mol. The molecule has 1 amide bonds. The normalized spacial score (nSPS) is 15.7. The van der Waals surface area contributed by atoms with Gasteiger partial charge in [0, 0.05) is 12.2 Å². The monoisotopic (exact) mass is 380 g/mol. The molecule has 1 saturated heterocycles. The van der Waals surface area contributed by atoms with E-state index >= 15 is 0 Å². The first-order valence-electron chi connectivity index (χ1n) is 9.34. The summed E-state index contributed by atoms with van der Waals surface area (Å²) in [5.41, 5.74) is 2.60. The number of nitrogens with one attached hydrogen (secondary N) is 1. The molecule has 0 spiro atoms. The highest BCUT2D eigenvalue weighted by atomic mass is 32.1. The number of aromatic nitrogens is 2. The number of hydrogen-bond donors (Lipinski definition) is 1. The van der Waals surface area contributed by atoms with E-state index in [1.54, 1.807) is 11.3 Å². The summed E-state index contributed by atoms with van der Waals surface area (Å²) in [7, 11) is 2.13. The molecule has 3 aromatic rings. The lowest BCUT2D eigenvalue weighted by Crippen LogP contribution is -2.43. The van der Waals surface area contributed by atoms with Gasteiger partial charge in [-0.2, -0.15) is 5.10 Å². The van der Waals surface area contributed by atoms with Gasteiger partial charge in [-0.15, -0.1) is 11.3 Å². The predicted molar refractivity (Wildman–Crippen MR) is 109 cm³/mol. The van der Waals surface area contributed by atoms with E-state index in [2.05, 4.69) is 29.4 Å². The van der Waals surface area contributed by atoms with Gasteiger partial charge < -0.3 is 10.2 Å². The number of amides is 1. The Labute approximate surface area is 163 Å². The molecule has 0 saturated carbocycles. The number of nitrogens with zero attached hydrogens (tertiary/aromatic N) is 3. The van der Waals surface area contributed by atoms with Gasteiger partial charge in [0.2, 0.25) is 0 Å². The zero-order valence-electron chi connectivity index (χ0n) is 15.5. The first-order chi connectivity index (χ1) is 13.2. The fourth-order valence-electron chi connectivity index (χ4n) is 3.45. The molecule has 1 aromatic carbocycles. The van der Waals surface area contributed by atoms with Crippen molar-refractivity contribution in [3.05, 3.63) is 65.2 Å². The van der Waals surface area contributed by atoms with Crippen molar-refractivity contribution in [2.75, 3.05) is 20.1 Å². The Morgan fingerprint density at radius 1 is 1.19 bits per heavy atom. The lowest BCUT2D eigenvalue weighted by Gasteiger charge is -2.29. The lowest BCUT2D eigenvalue weighted by molar-refractivity contribution is 0.0917. The third kappa shape index (κ3) is 4.28. The third-order valence-corrected chi connectivity index (χ3v) is 5.88. The van der Waals surface area contributed by atoms with Crippen LogP contribution in [0.15, 0.2) is 54.0 Å². The van der Waals surface area contributed by atoms with Crippen LogP contribution < -0.4 is 5.32 Å². The highest BCUT2D eigenvalue weighted by Gasteiger charge is 2.23. The van der Waals surface area contributed by atoms with Crippen LogP contribution >= 0.6 is 11.3 Å². The second-order valence-corrected chi connectivity index (χ2v) is 8.05. The van der Waals surface area contributed by atoms with E-state index in [1.165, 1.54) is 5.56 Å². The Balaban J connectivity index is 1.57. The maximum Gasteiger partial charge on any atom is 0.255 e. The molecule has 2 aromatic heterocycles. The Morgan fingerprint density at radius 2 is 1.96 bits per heavy atom. The van der Waals surface area contributed by atoms with E-state index < -0.39 is 0 Å². The number of carbonyl (C=O) groups is 1. The summed E-state index contributed by atoms with van der Waals surface area (Å²) in [5.74, 6) is -0.0211. The molecule has 6 heteroatoms. The van der Waals surface area contributed by atoms with Crippen molar-refractivity contribution in [3.8, 4) is 10.6 Å². The van der Waals surface area contributed by atoms with Gasteiger partial charge in [0.1, 0.15) is 5.69 Å². The molecule has 0 atom stereocenters. The molecule has 140 valence electrons. The standard InChI is InChI=1S/C21H24N4OS/c1-24-11-9-17(10-12-24)22-21(26)18-15-25(14-16-6-3-2-4-7-16)23-20(18)19-8-5-13-27-19/h2-8,13,15,17H,9-12,14H2,1H3,(H,22,26). The van der Waals surface area contributed by atoms with Crippen LogP contribution in [0.3, 0.4) is 0 Å². The summed E-state index contributed by atoms with van der Waals surface area (Å²) in [6.45, 7) is 2.70. The maximum atomic E-state index is 13.0. The molecule has 5 nitrogen and oxygen atoms in total. The van der Waals surface area contributed by atoms with E-state index in [9.17, 15) is 4.79 Å². The molecule has 1 aliphatic heterocycles. The predicted octanol–water partition coefficient (Wildman–Crippen LogP) is 3.48. The minimum absolute atomic E-state index is 0.0211. The van der Waals surface area contributed by atoms with Crippen LogP contribution in [0.25, 0.3) is 10.6 Å². The largest absolute Gasteiger partial charge is 0.349 e. The quantitative estimate of drug-likeness (QED) is 0.737. The first kappa shape index (κ1) is 17.9. The Bertz CT molecular complexity index is 880. The molecule has 0 aliphatic carbocycles. The SMILES string of the molecule is CN1CCC(NC(=O)c2cn(Cc3ccccc3)nc2-c2cccs2)CC1. The fourth-order valence-corrected chi connectivity index (χ4v) is 4.17. The second kappa shape index (κ2) is 8.06. The van der Waals surface area contributed by atoms with Crippen molar-refractivity contribution in [2.24, 2.45) is 0 Å². The van der Waals surface area contributed by atoms with Crippen LogP contribution in [0.5, 0.6) is 0 Å². The second-order valence-electron chi connectivity index (χ2n) is 7.10. The van der Waals surface area contributed by atoms with Gasteiger partial charge in [-0.1, -0.05) is 36.4 Å². The van der Waals surface area contributed by atoms with Gasteiger partial charge in [0.05, 0.1) is 17.0 Å². The van der Waals surface area contributed by atoms with Crippen molar-refractivity contribution in [1.82, 2.24) is 20.0 Å². The summed E-state index contributed by atoms with van der Waals surface area (Å²) >= 11 is 1.61. The minimum Gasteiger partial charge on any atom is -0.349 e. The highest BCUT2D eigenvalue weighted by Crippen LogP contribution is 2.27. The van der Waals surface area contributed by atoms with Gasteiger partial charge in [-0.25, -0.2) is 0 Å². The molecule has 0 radical (unpaired) electrons. The summed E-state index contributed by atoms with van der Waals surface area (Å²) in [6.07, 6.45) is 3.87. The fraction of sp³-hybridized carbons (Fsp3) is 0.333. The minimum atomic E-state index is -0.0211. The number of likely N-dealkylation sites (tertiary alicyclic amines) is 1. The van der Waals surface area contributed by atoms with Crippen LogP contribution in [0, 0.1) is 0 Å². The zero-order chi connectivity index (χ0) is 18.6. The lowest BCUT2D eigenvalue weighted by atomic mass is 10.0. The number of piperidine rings is 1. The molecule has 4 rings (SSSR count). The molecule has 1 N–H and O–H groups in total. The van der Waals surface area contributed by atoms with Crippen molar-refractivity contribution in [1.29, 1.82) is 0 Å². The van der Waals surface area contributed by atoms with Crippen molar-refractivity contribution in [3.63, 3.8) is 0 Å². The number of benzene rings is 1. The molecule has 0 bridgehead atoms. The van der Waals surface area contributed by atoms with Crippen LogP contribution in [-0.4, -0.2) is 46.8 Å². The topological polar surface area (TPSA) is 50.2 Å². The Hall–Kier alpha value is -2.44. The first-order valence-corrected chi connectivity index (χ1v) is 10.2. The van der Waals surface area contributed by atoms with Crippen molar-refractivity contribution in [2.45, 2.75) is 25.4 Å². The third-order valence-electron chi connectivity index (χ3n) is 5.00. The van der Waals surface area contributed by atoms with E-state index in [-0.39, 0.29) is 11.9 Å². The van der Waals surface area contributed by atoms with E-state index in [4.69, 9.17) is 5.10 Å². The molecular formula is C21H24N4OS.